The number of nitrogens with one attached hydrogen (secondary N) is 1. The summed E-state index contributed by atoms with van der Waals surface area (Å²) in [6.07, 6.45) is 4.11. The fourth-order valence-electron chi connectivity index (χ4n) is 1.67. The number of allylic oxidation sites excluding steroid dienone is 1. The number of imide groups is 1. The molecule has 1 atom stereocenters. The van der Waals surface area contributed by atoms with Gasteiger partial charge in [0.15, 0.2) is 0 Å². The molecule has 2 aliphatic rings. The number of carbonyl (C=O) groups excluding carboxylic acids is 2. The lowest BCUT2D eigenvalue weighted by Gasteiger charge is -2.32. The van der Waals surface area contributed by atoms with Crippen LogP contribution >= 0.6 is 15.9 Å². The largest absolute Gasteiger partial charge is 0.320 e. The maximum atomic E-state index is 11.6. The van der Waals surface area contributed by atoms with Gasteiger partial charge < -0.3 is 4.90 Å². The Labute approximate surface area is 101 Å². The maximum absolute atomic E-state index is 11.6. The minimum atomic E-state index is -0.397. The molecule has 0 aromatic rings. The Bertz CT molecular complexity index is 428. The Morgan fingerprint density at radius 3 is 2.94 bits per heavy atom. The first kappa shape index (κ1) is 11.1. The first-order valence-corrected chi connectivity index (χ1v) is 5.59. The zero-order valence-corrected chi connectivity index (χ0v) is 10.0. The minimum absolute atomic E-state index is 0.225. The van der Waals surface area contributed by atoms with Crippen molar-refractivity contribution in [3.63, 3.8) is 0 Å². The van der Waals surface area contributed by atoms with Gasteiger partial charge in [0.2, 0.25) is 11.8 Å². The van der Waals surface area contributed by atoms with Crippen LogP contribution in [0.5, 0.6) is 0 Å². The van der Waals surface area contributed by atoms with Crippen molar-refractivity contribution < 1.29 is 9.59 Å². The molecule has 1 fully saturated rings. The van der Waals surface area contributed by atoms with E-state index in [0.29, 0.717) is 23.1 Å². The zero-order chi connectivity index (χ0) is 11.7. The van der Waals surface area contributed by atoms with Crippen molar-refractivity contribution in [1.82, 2.24) is 10.2 Å². The number of rotatable bonds is 1. The van der Waals surface area contributed by atoms with Crippen LogP contribution in [0.15, 0.2) is 28.0 Å². The third-order valence-electron chi connectivity index (χ3n) is 2.47. The monoisotopic (exact) mass is 283 g/mol. The Kier molecular flexibility index (Phi) is 2.91. The molecule has 0 spiro atoms. The van der Waals surface area contributed by atoms with E-state index in [9.17, 15) is 9.59 Å². The number of aliphatic imine (C=N–C) groups is 1. The lowest BCUT2D eigenvalue weighted by atomic mass is 10.0. The molecule has 0 bridgehead atoms. The summed E-state index contributed by atoms with van der Waals surface area (Å²) in [7, 11) is 0. The highest BCUT2D eigenvalue weighted by molar-refractivity contribution is 9.11. The number of halogens is 1. The summed E-state index contributed by atoms with van der Waals surface area (Å²) < 4.78 is 0.668. The van der Waals surface area contributed by atoms with E-state index >= 15 is 0 Å². The Morgan fingerprint density at radius 2 is 2.31 bits per heavy atom. The summed E-state index contributed by atoms with van der Waals surface area (Å²) in [5, 5.41) is 2.30. The van der Waals surface area contributed by atoms with Gasteiger partial charge in [-0.15, -0.1) is 0 Å². The Hall–Kier alpha value is -1.43. The van der Waals surface area contributed by atoms with Crippen molar-refractivity contribution in [2.24, 2.45) is 4.99 Å². The average molecular weight is 284 g/mol. The van der Waals surface area contributed by atoms with E-state index < -0.39 is 6.04 Å². The van der Waals surface area contributed by atoms with Crippen LogP contribution in [0.2, 0.25) is 0 Å². The van der Waals surface area contributed by atoms with Crippen LogP contribution in [0.3, 0.4) is 0 Å². The van der Waals surface area contributed by atoms with Gasteiger partial charge in [0.1, 0.15) is 10.6 Å². The quantitative estimate of drug-likeness (QED) is 0.574. The molecule has 0 aliphatic carbocycles. The SMILES string of the molecule is C=C1C=C(Br)N=CN1C1CCC(=O)NC1=O. The second kappa shape index (κ2) is 4.21. The third-order valence-corrected chi connectivity index (χ3v) is 2.90. The van der Waals surface area contributed by atoms with Crippen molar-refractivity contribution in [3.8, 4) is 0 Å². The van der Waals surface area contributed by atoms with E-state index in [1.54, 1.807) is 17.3 Å². The van der Waals surface area contributed by atoms with E-state index in [1.165, 1.54) is 0 Å². The number of piperidine rings is 1. The molecule has 1 saturated heterocycles. The van der Waals surface area contributed by atoms with Crippen LogP contribution < -0.4 is 5.32 Å². The van der Waals surface area contributed by atoms with Crippen molar-refractivity contribution >= 4 is 34.1 Å². The second-order valence-electron chi connectivity index (χ2n) is 3.58. The van der Waals surface area contributed by atoms with Gasteiger partial charge in [-0.3, -0.25) is 14.9 Å². The van der Waals surface area contributed by atoms with Crippen molar-refractivity contribution in [2.45, 2.75) is 18.9 Å². The van der Waals surface area contributed by atoms with Gasteiger partial charge in [-0.1, -0.05) is 6.58 Å². The van der Waals surface area contributed by atoms with Gasteiger partial charge in [0.25, 0.3) is 0 Å². The standard InChI is InChI=1S/C10H10BrN3O2/c1-6-4-8(11)12-5-14(6)7-2-3-9(15)13-10(7)16/h4-5,7H,1-3H2,(H,13,15,16). The third kappa shape index (κ3) is 2.06. The van der Waals surface area contributed by atoms with Gasteiger partial charge in [0.05, 0.1) is 6.34 Å². The second-order valence-corrected chi connectivity index (χ2v) is 4.39. The van der Waals surface area contributed by atoms with E-state index in [0.717, 1.165) is 0 Å². The lowest BCUT2D eigenvalue weighted by Crippen LogP contribution is -2.51. The molecule has 84 valence electrons. The smallest absolute Gasteiger partial charge is 0.249 e. The first-order valence-electron chi connectivity index (χ1n) is 4.80. The summed E-state index contributed by atoms with van der Waals surface area (Å²) in [6.45, 7) is 3.84. The Balaban J connectivity index is 2.15. The molecule has 0 saturated carbocycles. The van der Waals surface area contributed by atoms with Crippen LogP contribution in [-0.2, 0) is 9.59 Å². The first-order chi connectivity index (χ1) is 7.58. The predicted octanol–water partition coefficient (Wildman–Crippen LogP) is 0.885. The van der Waals surface area contributed by atoms with Crippen molar-refractivity contribution in [1.29, 1.82) is 0 Å². The van der Waals surface area contributed by atoms with E-state index in [-0.39, 0.29) is 11.8 Å². The average Bonchev–Trinajstić information content (AvgIpc) is 2.19. The van der Waals surface area contributed by atoms with Gasteiger partial charge in [-0.05, 0) is 28.4 Å². The van der Waals surface area contributed by atoms with Crippen LogP contribution in [0.1, 0.15) is 12.8 Å². The molecule has 2 aliphatic heterocycles. The van der Waals surface area contributed by atoms with E-state index in [2.05, 4.69) is 32.8 Å². The molecule has 6 heteroatoms. The molecular weight excluding hydrogens is 274 g/mol. The number of hydrogen-bond acceptors (Lipinski definition) is 4. The summed E-state index contributed by atoms with van der Waals surface area (Å²) in [5.74, 6) is -0.521. The molecule has 16 heavy (non-hydrogen) atoms. The van der Waals surface area contributed by atoms with Gasteiger partial charge in [-0.2, -0.15) is 0 Å². The maximum Gasteiger partial charge on any atom is 0.249 e. The topological polar surface area (TPSA) is 61.8 Å². The van der Waals surface area contributed by atoms with E-state index in [4.69, 9.17) is 0 Å². The molecule has 2 rings (SSSR count). The van der Waals surface area contributed by atoms with Crippen LogP contribution in [0.25, 0.3) is 0 Å². The highest BCUT2D eigenvalue weighted by Crippen LogP contribution is 2.22. The Morgan fingerprint density at radius 1 is 1.56 bits per heavy atom. The van der Waals surface area contributed by atoms with Crippen LogP contribution in [0, 0.1) is 0 Å². The summed E-state index contributed by atoms with van der Waals surface area (Å²) >= 11 is 3.23. The fraction of sp³-hybridized carbons (Fsp3) is 0.300. The minimum Gasteiger partial charge on any atom is -0.320 e. The van der Waals surface area contributed by atoms with Crippen molar-refractivity contribution in [2.75, 3.05) is 0 Å². The fourth-order valence-corrected chi connectivity index (χ4v) is 2.02. The van der Waals surface area contributed by atoms with Crippen LogP contribution in [0.4, 0.5) is 0 Å². The molecular formula is C10H10BrN3O2. The van der Waals surface area contributed by atoms with E-state index in [1.807, 2.05) is 0 Å². The summed E-state index contributed by atoms with van der Waals surface area (Å²) in [6, 6.07) is -0.397. The predicted molar refractivity (Wildman–Crippen MR) is 62.7 cm³/mol. The molecule has 2 amide bonds. The molecule has 0 aromatic carbocycles. The zero-order valence-electron chi connectivity index (χ0n) is 8.44. The summed E-state index contributed by atoms with van der Waals surface area (Å²) in [4.78, 5) is 28.3. The number of carbonyl (C=O) groups is 2. The van der Waals surface area contributed by atoms with Gasteiger partial charge in [-0.25, -0.2) is 4.99 Å². The molecule has 0 aromatic heterocycles. The summed E-state index contributed by atoms with van der Waals surface area (Å²) in [5.41, 5.74) is 0.677. The van der Waals surface area contributed by atoms with Gasteiger partial charge >= 0.3 is 0 Å². The molecule has 1 N–H and O–H groups in total. The molecule has 0 radical (unpaired) electrons. The molecule has 5 nitrogen and oxygen atoms in total. The lowest BCUT2D eigenvalue weighted by molar-refractivity contribution is -0.135. The highest BCUT2D eigenvalue weighted by atomic mass is 79.9. The molecule has 1 unspecified atom stereocenters. The normalized spacial score (nSPS) is 25.6. The molecule has 2 heterocycles. The number of amides is 2. The number of nitrogens with zero attached hydrogens (tertiary/aromatic N) is 2. The van der Waals surface area contributed by atoms with Gasteiger partial charge in [0, 0.05) is 12.1 Å². The van der Waals surface area contributed by atoms with Crippen molar-refractivity contribution in [3.05, 3.63) is 23.0 Å². The number of hydrogen-bond donors (Lipinski definition) is 1. The highest BCUT2D eigenvalue weighted by Gasteiger charge is 2.32. The van der Waals surface area contributed by atoms with Crippen LogP contribution in [-0.4, -0.2) is 29.1 Å².